The molecular formula is C25H41N5O2. The first-order valence-electron chi connectivity index (χ1n) is 12.6. The molecule has 0 radical (unpaired) electrons. The van der Waals surface area contributed by atoms with Gasteiger partial charge in [0.2, 0.25) is 5.91 Å². The third kappa shape index (κ3) is 5.79. The number of hydrogen-bond acceptors (Lipinski definition) is 6. The molecule has 32 heavy (non-hydrogen) atoms. The van der Waals surface area contributed by atoms with Crippen LogP contribution in [0.5, 0.6) is 0 Å². The van der Waals surface area contributed by atoms with E-state index in [0.717, 1.165) is 55.7 Å². The van der Waals surface area contributed by atoms with Crippen molar-refractivity contribution in [3.05, 3.63) is 17.6 Å². The normalized spacial score (nSPS) is 23.8. The van der Waals surface area contributed by atoms with Crippen molar-refractivity contribution in [2.24, 2.45) is 5.92 Å². The van der Waals surface area contributed by atoms with E-state index in [9.17, 15) is 4.79 Å². The minimum Gasteiger partial charge on any atom is -0.383 e. The number of amides is 1. The van der Waals surface area contributed by atoms with Crippen molar-refractivity contribution < 1.29 is 9.53 Å². The first-order valence-corrected chi connectivity index (χ1v) is 12.6. The molecule has 0 spiro atoms. The maximum absolute atomic E-state index is 12.5. The van der Waals surface area contributed by atoms with Gasteiger partial charge in [-0.25, -0.2) is 9.97 Å². The van der Waals surface area contributed by atoms with Crippen molar-refractivity contribution >= 4 is 11.7 Å². The summed E-state index contributed by atoms with van der Waals surface area (Å²) in [6, 6.07) is 2.08. The Morgan fingerprint density at radius 2 is 1.81 bits per heavy atom. The van der Waals surface area contributed by atoms with Gasteiger partial charge in [0.05, 0.1) is 12.3 Å². The number of likely N-dealkylation sites (tertiary alicyclic amines) is 2. The molecule has 3 fully saturated rings. The third-order valence-electron chi connectivity index (χ3n) is 7.60. The lowest BCUT2D eigenvalue weighted by Crippen LogP contribution is -2.37. The molecule has 1 atom stereocenters. The molecule has 0 N–H and O–H groups in total. The molecule has 1 amide bonds. The van der Waals surface area contributed by atoms with E-state index in [1.165, 1.54) is 38.6 Å². The summed E-state index contributed by atoms with van der Waals surface area (Å²) in [6.45, 7) is 5.54. The van der Waals surface area contributed by atoms with Gasteiger partial charge in [0.25, 0.3) is 0 Å². The average molecular weight is 444 g/mol. The molecule has 3 aliphatic rings. The Hall–Kier alpha value is -1.73. The summed E-state index contributed by atoms with van der Waals surface area (Å²) in [4.78, 5) is 29.1. The third-order valence-corrected chi connectivity index (χ3v) is 7.60. The number of anilines is 1. The molecule has 0 aromatic carbocycles. The van der Waals surface area contributed by atoms with Crippen LogP contribution in [0.1, 0.15) is 74.7 Å². The van der Waals surface area contributed by atoms with Crippen LogP contribution in [0, 0.1) is 5.92 Å². The van der Waals surface area contributed by atoms with Gasteiger partial charge in [-0.3, -0.25) is 4.79 Å². The van der Waals surface area contributed by atoms with E-state index in [1.54, 1.807) is 7.11 Å². The van der Waals surface area contributed by atoms with Gasteiger partial charge in [-0.1, -0.05) is 19.3 Å². The molecule has 1 aromatic heterocycles. The standard InChI is InChI=1S/C25H41N5O2/c1-28(2)23-16-22(21-15-24(31)30(18-21)13-14-32-3)26-25(27-23)20-9-11-29(12-10-20)17-19-7-5-4-6-8-19/h16,19-21H,4-15,17-18H2,1-3H3/t21-/m1/s1. The van der Waals surface area contributed by atoms with E-state index in [-0.39, 0.29) is 11.8 Å². The van der Waals surface area contributed by atoms with Crippen LogP contribution in [-0.4, -0.2) is 86.2 Å². The second-order valence-electron chi connectivity index (χ2n) is 10.2. The lowest BCUT2D eigenvalue weighted by Gasteiger charge is -2.35. The number of aromatic nitrogens is 2. The summed E-state index contributed by atoms with van der Waals surface area (Å²) in [6.07, 6.45) is 9.89. The van der Waals surface area contributed by atoms with Gasteiger partial charge in [0.15, 0.2) is 0 Å². The van der Waals surface area contributed by atoms with Crippen molar-refractivity contribution in [1.29, 1.82) is 0 Å². The van der Waals surface area contributed by atoms with Crippen LogP contribution < -0.4 is 4.90 Å². The van der Waals surface area contributed by atoms with Gasteiger partial charge in [0, 0.05) is 65.2 Å². The highest BCUT2D eigenvalue weighted by molar-refractivity contribution is 5.79. The number of carbonyl (C=O) groups is 1. The summed E-state index contributed by atoms with van der Waals surface area (Å²) in [5, 5.41) is 0. The van der Waals surface area contributed by atoms with E-state index in [2.05, 4.69) is 15.9 Å². The van der Waals surface area contributed by atoms with E-state index in [1.807, 2.05) is 19.0 Å². The fourth-order valence-corrected chi connectivity index (χ4v) is 5.59. The Morgan fingerprint density at radius 1 is 1.06 bits per heavy atom. The quantitative estimate of drug-likeness (QED) is 0.615. The number of methoxy groups -OCH3 is 1. The van der Waals surface area contributed by atoms with Crippen molar-refractivity contribution in [3.8, 4) is 0 Å². The molecule has 2 saturated heterocycles. The lowest BCUT2D eigenvalue weighted by atomic mass is 9.87. The number of ether oxygens (including phenoxy) is 1. The lowest BCUT2D eigenvalue weighted by molar-refractivity contribution is -0.128. The maximum atomic E-state index is 12.5. The van der Waals surface area contributed by atoms with Gasteiger partial charge in [-0.2, -0.15) is 0 Å². The molecule has 1 aromatic rings. The van der Waals surface area contributed by atoms with E-state index < -0.39 is 0 Å². The Morgan fingerprint density at radius 3 is 2.50 bits per heavy atom. The maximum Gasteiger partial charge on any atom is 0.223 e. The van der Waals surface area contributed by atoms with Crippen LogP contribution in [0.3, 0.4) is 0 Å². The topological polar surface area (TPSA) is 61.8 Å². The van der Waals surface area contributed by atoms with Crippen LogP contribution in [-0.2, 0) is 9.53 Å². The Bertz CT molecular complexity index is 757. The molecular weight excluding hydrogens is 402 g/mol. The van der Waals surface area contributed by atoms with Crippen molar-refractivity contribution in [2.75, 3.05) is 65.4 Å². The van der Waals surface area contributed by atoms with Gasteiger partial charge in [-0.15, -0.1) is 0 Å². The number of rotatable bonds is 8. The van der Waals surface area contributed by atoms with E-state index >= 15 is 0 Å². The van der Waals surface area contributed by atoms with Crippen molar-refractivity contribution in [2.45, 2.75) is 63.2 Å². The largest absolute Gasteiger partial charge is 0.383 e. The molecule has 1 saturated carbocycles. The summed E-state index contributed by atoms with van der Waals surface area (Å²) in [5.41, 5.74) is 1.02. The van der Waals surface area contributed by atoms with Gasteiger partial charge in [0.1, 0.15) is 11.6 Å². The fraction of sp³-hybridized carbons (Fsp3) is 0.800. The Balaban J connectivity index is 1.41. The molecule has 7 nitrogen and oxygen atoms in total. The summed E-state index contributed by atoms with van der Waals surface area (Å²) < 4.78 is 5.17. The minimum atomic E-state index is 0.145. The van der Waals surface area contributed by atoms with E-state index in [4.69, 9.17) is 14.7 Å². The van der Waals surface area contributed by atoms with E-state index in [0.29, 0.717) is 25.5 Å². The van der Waals surface area contributed by atoms with Gasteiger partial charge in [-0.05, 0) is 44.7 Å². The predicted molar refractivity (Wildman–Crippen MR) is 127 cm³/mol. The van der Waals surface area contributed by atoms with Crippen molar-refractivity contribution in [1.82, 2.24) is 19.8 Å². The smallest absolute Gasteiger partial charge is 0.223 e. The molecule has 178 valence electrons. The summed E-state index contributed by atoms with van der Waals surface area (Å²) >= 11 is 0. The summed E-state index contributed by atoms with van der Waals surface area (Å²) in [7, 11) is 5.75. The highest BCUT2D eigenvalue weighted by atomic mass is 16.5. The number of hydrogen-bond donors (Lipinski definition) is 0. The van der Waals surface area contributed by atoms with Crippen LogP contribution in [0.25, 0.3) is 0 Å². The Kier molecular flexibility index (Phi) is 8.00. The SMILES string of the molecule is COCCN1C[C@H](c2cc(N(C)C)nc(C3CCN(CC4CCCCC4)CC3)n2)CC1=O. The molecule has 0 unspecified atom stereocenters. The molecule has 3 heterocycles. The molecule has 0 bridgehead atoms. The Labute approximate surface area is 193 Å². The molecule has 7 heteroatoms. The first kappa shape index (κ1) is 23.4. The zero-order valence-electron chi connectivity index (χ0n) is 20.3. The zero-order valence-corrected chi connectivity index (χ0v) is 20.3. The fourth-order valence-electron chi connectivity index (χ4n) is 5.59. The molecule has 4 rings (SSSR count). The molecule has 2 aliphatic heterocycles. The molecule has 1 aliphatic carbocycles. The second kappa shape index (κ2) is 10.9. The highest BCUT2D eigenvalue weighted by Gasteiger charge is 2.33. The van der Waals surface area contributed by atoms with Crippen LogP contribution in [0.2, 0.25) is 0 Å². The first-order chi connectivity index (χ1) is 15.5. The number of piperidine rings is 1. The van der Waals surface area contributed by atoms with Crippen LogP contribution in [0.15, 0.2) is 6.07 Å². The zero-order chi connectivity index (χ0) is 22.5. The van der Waals surface area contributed by atoms with Crippen molar-refractivity contribution in [3.63, 3.8) is 0 Å². The monoisotopic (exact) mass is 443 g/mol. The predicted octanol–water partition coefficient (Wildman–Crippen LogP) is 3.26. The number of nitrogens with zero attached hydrogens (tertiary/aromatic N) is 5. The average Bonchev–Trinajstić information content (AvgIpc) is 3.19. The van der Waals surface area contributed by atoms with Crippen LogP contribution >= 0.6 is 0 Å². The van der Waals surface area contributed by atoms with Crippen LogP contribution in [0.4, 0.5) is 5.82 Å². The van der Waals surface area contributed by atoms with Gasteiger partial charge < -0.3 is 19.4 Å². The number of carbonyl (C=O) groups excluding carboxylic acids is 1. The van der Waals surface area contributed by atoms with Gasteiger partial charge >= 0.3 is 0 Å². The minimum absolute atomic E-state index is 0.145. The highest BCUT2D eigenvalue weighted by Crippen LogP contribution is 2.33. The second-order valence-corrected chi connectivity index (χ2v) is 10.2. The summed E-state index contributed by atoms with van der Waals surface area (Å²) in [5.74, 6) is 3.60.